The summed E-state index contributed by atoms with van der Waals surface area (Å²) in [4.78, 5) is 23.4. The van der Waals surface area contributed by atoms with Gasteiger partial charge in [0.25, 0.3) is 16.1 Å². The van der Waals surface area contributed by atoms with Crippen molar-refractivity contribution in [1.82, 2.24) is 24.9 Å². The first-order valence-corrected chi connectivity index (χ1v) is 10.8. The van der Waals surface area contributed by atoms with E-state index in [2.05, 4.69) is 29.6 Å². The van der Waals surface area contributed by atoms with Crippen molar-refractivity contribution in [3.05, 3.63) is 47.7 Å². The normalized spacial score (nSPS) is 15.1. The molecule has 1 aliphatic rings. The van der Waals surface area contributed by atoms with E-state index in [1.54, 1.807) is 18.3 Å². The number of piperazine rings is 1. The van der Waals surface area contributed by atoms with E-state index in [-0.39, 0.29) is 11.5 Å². The highest BCUT2D eigenvalue weighted by atomic mass is 32.2. The topological polar surface area (TPSA) is 120 Å². The van der Waals surface area contributed by atoms with Gasteiger partial charge in [0.1, 0.15) is 11.5 Å². The predicted molar refractivity (Wildman–Crippen MR) is 111 cm³/mol. The molecule has 3 heterocycles. The number of aromatic nitrogens is 2. The van der Waals surface area contributed by atoms with Crippen LogP contribution in [0.15, 0.2) is 30.5 Å². The first-order valence-electron chi connectivity index (χ1n) is 9.33. The molecule has 0 unspecified atom stereocenters. The summed E-state index contributed by atoms with van der Waals surface area (Å²) in [5, 5.41) is 2.42. The Labute approximate surface area is 174 Å². The van der Waals surface area contributed by atoms with Crippen LogP contribution in [0.4, 0.5) is 15.9 Å². The summed E-state index contributed by atoms with van der Waals surface area (Å²) < 4.78 is 42.1. The van der Waals surface area contributed by atoms with Gasteiger partial charge in [-0.05, 0) is 29.8 Å². The van der Waals surface area contributed by atoms with E-state index in [1.807, 2.05) is 11.0 Å². The Bertz CT molecular complexity index is 1010. The van der Waals surface area contributed by atoms with Gasteiger partial charge in [-0.3, -0.25) is 14.4 Å². The third kappa shape index (κ3) is 5.40. The lowest BCUT2D eigenvalue weighted by molar-refractivity contribution is 0.0957. The maximum absolute atomic E-state index is 14.4. The van der Waals surface area contributed by atoms with Crippen molar-refractivity contribution in [2.75, 3.05) is 49.9 Å². The monoisotopic (exact) mass is 437 g/mol. The van der Waals surface area contributed by atoms with E-state index >= 15 is 0 Å². The smallest absolute Gasteiger partial charge is 0.300 e. The van der Waals surface area contributed by atoms with Gasteiger partial charge in [0.05, 0.1) is 5.69 Å². The fourth-order valence-electron chi connectivity index (χ4n) is 3.14. The molecule has 162 valence electrons. The number of carbonyl (C=O) groups excluding carboxylic acids is 1. The van der Waals surface area contributed by atoms with Crippen LogP contribution >= 0.6 is 0 Å². The van der Waals surface area contributed by atoms with Gasteiger partial charge in [-0.15, -0.1) is 0 Å². The van der Waals surface area contributed by atoms with Crippen LogP contribution in [0, 0.1) is 5.95 Å². The van der Waals surface area contributed by atoms with Crippen molar-refractivity contribution < 1.29 is 17.6 Å². The minimum atomic E-state index is -3.62. The van der Waals surface area contributed by atoms with Gasteiger partial charge >= 0.3 is 0 Å². The molecule has 2 aromatic rings. The molecule has 1 amide bonds. The number of nitrogens with zero attached hydrogens (tertiary/aromatic N) is 4. The molecule has 30 heavy (non-hydrogen) atoms. The molecular weight excluding hydrogens is 413 g/mol. The number of amides is 1. The van der Waals surface area contributed by atoms with Gasteiger partial charge in [0.15, 0.2) is 0 Å². The maximum atomic E-state index is 14.4. The first kappa shape index (κ1) is 21.9. The molecule has 2 aromatic heterocycles. The van der Waals surface area contributed by atoms with Crippen molar-refractivity contribution >= 4 is 27.6 Å². The largest absolute Gasteiger partial charge is 0.365 e. The van der Waals surface area contributed by atoms with Gasteiger partial charge in [0, 0.05) is 53.0 Å². The first-order chi connectivity index (χ1) is 14.3. The molecule has 0 atom stereocenters. The van der Waals surface area contributed by atoms with E-state index in [1.165, 1.54) is 20.2 Å². The highest BCUT2D eigenvalue weighted by Crippen LogP contribution is 2.21. The van der Waals surface area contributed by atoms with Gasteiger partial charge in [0.2, 0.25) is 5.95 Å². The average molecular weight is 438 g/mol. The molecule has 0 radical (unpaired) electrons. The molecule has 1 aliphatic heterocycles. The summed E-state index contributed by atoms with van der Waals surface area (Å²) in [7, 11) is -0.840. The fourth-order valence-corrected chi connectivity index (χ4v) is 3.63. The maximum Gasteiger partial charge on any atom is 0.300 e. The highest BCUT2D eigenvalue weighted by molar-refractivity contribution is 7.90. The van der Waals surface area contributed by atoms with Crippen LogP contribution in [0.25, 0.3) is 0 Å². The SMILES string of the molecule is CNC(=O)c1ccc(N2CCN(Cc3ccnc(NS(=O)(=O)NC)c3)CC2)c(F)n1. The molecule has 0 aromatic carbocycles. The third-order valence-corrected chi connectivity index (χ3v) is 5.76. The molecule has 3 N–H and O–H groups in total. The van der Waals surface area contributed by atoms with Crippen molar-refractivity contribution in [2.24, 2.45) is 0 Å². The molecule has 0 bridgehead atoms. The number of hydrogen-bond acceptors (Lipinski definition) is 7. The highest BCUT2D eigenvalue weighted by Gasteiger charge is 2.21. The van der Waals surface area contributed by atoms with Crippen molar-refractivity contribution in [2.45, 2.75) is 6.54 Å². The minimum Gasteiger partial charge on any atom is -0.365 e. The Kier molecular flexibility index (Phi) is 6.80. The van der Waals surface area contributed by atoms with Crippen LogP contribution in [0.1, 0.15) is 16.1 Å². The standard InChI is InChI=1S/C18H24FN7O3S/c1-20-18(27)14-3-4-15(17(19)23-14)26-9-7-25(8-10-26)12-13-5-6-22-16(11-13)24-30(28,29)21-2/h3-6,11,21H,7-10,12H2,1-2H3,(H,20,27)(H,22,24). The number of nitrogens with one attached hydrogen (secondary N) is 3. The van der Waals surface area contributed by atoms with E-state index in [0.717, 1.165) is 5.56 Å². The Hall–Kier alpha value is -2.83. The van der Waals surface area contributed by atoms with E-state index in [9.17, 15) is 17.6 Å². The molecule has 12 heteroatoms. The van der Waals surface area contributed by atoms with Gasteiger partial charge in [-0.25, -0.2) is 14.7 Å². The summed E-state index contributed by atoms with van der Waals surface area (Å²) in [5.41, 5.74) is 1.32. The number of halogens is 1. The molecule has 0 aliphatic carbocycles. The van der Waals surface area contributed by atoms with Crippen LogP contribution in [-0.4, -0.2) is 69.5 Å². The Morgan fingerprint density at radius 1 is 1.17 bits per heavy atom. The molecule has 10 nitrogen and oxygen atoms in total. The fraction of sp³-hybridized carbons (Fsp3) is 0.389. The molecule has 1 fully saturated rings. The molecule has 0 spiro atoms. The number of rotatable bonds is 7. The Balaban J connectivity index is 1.59. The summed E-state index contributed by atoms with van der Waals surface area (Å²) >= 11 is 0. The van der Waals surface area contributed by atoms with Crippen LogP contribution in [0.3, 0.4) is 0 Å². The van der Waals surface area contributed by atoms with Gasteiger partial charge in [-0.1, -0.05) is 0 Å². The summed E-state index contributed by atoms with van der Waals surface area (Å²) in [6, 6.07) is 6.59. The summed E-state index contributed by atoms with van der Waals surface area (Å²) in [6.45, 7) is 3.19. The van der Waals surface area contributed by atoms with Crippen LogP contribution < -0.4 is 19.7 Å². The molecule has 0 saturated carbocycles. The Morgan fingerprint density at radius 3 is 2.53 bits per heavy atom. The second kappa shape index (κ2) is 9.32. The van der Waals surface area contributed by atoms with Crippen molar-refractivity contribution in [1.29, 1.82) is 0 Å². The zero-order valence-electron chi connectivity index (χ0n) is 16.7. The second-order valence-electron chi connectivity index (χ2n) is 6.71. The predicted octanol–water partition coefficient (Wildman–Crippen LogP) is 0.174. The van der Waals surface area contributed by atoms with Crippen LogP contribution in [0.5, 0.6) is 0 Å². The molecule has 3 rings (SSSR count). The molecular formula is C18H24FN7O3S. The summed E-state index contributed by atoms with van der Waals surface area (Å²) in [6.07, 6.45) is 1.55. The number of carbonyl (C=O) groups is 1. The zero-order chi connectivity index (χ0) is 21.7. The quantitative estimate of drug-likeness (QED) is 0.529. The van der Waals surface area contributed by atoms with E-state index < -0.39 is 22.1 Å². The van der Waals surface area contributed by atoms with Gasteiger partial charge in [-0.2, -0.15) is 12.8 Å². The average Bonchev–Trinajstić information content (AvgIpc) is 2.74. The number of hydrogen-bond donors (Lipinski definition) is 3. The van der Waals surface area contributed by atoms with E-state index in [4.69, 9.17) is 0 Å². The van der Waals surface area contributed by atoms with E-state index in [0.29, 0.717) is 38.4 Å². The lowest BCUT2D eigenvalue weighted by Gasteiger charge is -2.36. The lowest BCUT2D eigenvalue weighted by atomic mass is 10.2. The minimum absolute atomic E-state index is 0.0415. The van der Waals surface area contributed by atoms with Crippen LogP contribution in [-0.2, 0) is 16.8 Å². The van der Waals surface area contributed by atoms with Crippen LogP contribution in [0.2, 0.25) is 0 Å². The number of anilines is 2. The van der Waals surface area contributed by atoms with Gasteiger partial charge < -0.3 is 10.2 Å². The summed E-state index contributed by atoms with van der Waals surface area (Å²) in [5.74, 6) is -0.857. The molecule has 1 saturated heterocycles. The zero-order valence-corrected chi connectivity index (χ0v) is 17.5. The Morgan fingerprint density at radius 2 is 1.90 bits per heavy atom. The second-order valence-corrected chi connectivity index (χ2v) is 8.33. The van der Waals surface area contributed by atoms with Crippen molar-refractivity contribution in [3.8, 4) is 0 Å². The lowest BCUT2D eigenvalue weighted by Crippen LogP contribution is -2.46. The third-order valence-electron chi connectivity index (χ3n) is 4.74. The van der Waals surface area contributed by atoms with Crippen molar-refractivity contribution in [3.63, 3.8) is 0 Å². The number of pyridine rings is 2.